The van der Waals surface area contributed by atoms with Crippen LogP contribution in [0, 0.1) is 0 Å². The Kier molecular flexibility index (Phi) is 3.20. The molecule has 0 saturated heterocycles. The number of hydrogen-bond acceptors (Lipinski definition) is 3. The molecule has 0 aliphatic heterocycles. The molecule has 0 saturated carbocycles. The smallest absolute Gasteiger partial charge is 0.312 e. The molecule has 4 N–H and O–H groups in total. The second-order valence-corrected chi connectivity index (χ2v) is 3.69. The van der Waals surface area contributed by atoms with Gasteiger partial charge in [-0.2, -0.15) is 0 Å². The highest BCUT2D eigenvalue weighted by molar-refractivity contribution is 5.76. The van der Waals surface area contributed by atoms with Crippen LogP contribution in [0.3, 0.4) is 0 Å². The number of aromatic nitrogens is 2. The Hall–Kier alpha value is -2.14. The minimum Gasteiger partial charge on any atom is -0.481 e. The molecule has 0 aliphatic carbocycles. The fourth-order valence-electron chi connectivity index (χ4n) is 1.68. The maximum atomic E-state index is 10.9. The number of carboxylic acid groups (broad SMARTS) is 1. The number of nitrogens with zero attached hydrogens (tertiary/aromatic N) is 1. The van der Waals surface area contributed by atoms with Gasteiger partial charge in [-0.3, -0.25) is 4.79 Å². The molecule has 0 amide bonds. The van der Waals surface area contributed by atoms with Crippen molar-refractivity contribution < 1.29 is 9.90 Å². The van der Waals surface area contributed by atoms with E-state index in [-0.39, 0.29) is 6.54 Å². The molecular weight excluding hydrogens is 218 g/mol. The zero-order valence-electron chi connectivity index (χ0n) is 9.13. The lowest BCUT2D eigenvalue weighted by Gasteiger charge is -2.10. The highest BCUT2D eigenvalue weighted by Crippen LogP contribution is 2.20. The Morgan fingerprint density at radius 3 is 2.59 bits per heavy atom. The number of aliphatic carboxylic acids is 1. The molecule has 5 heteroatoms. The summed E-state index contributed by atoms with van der Waals surface area (Å²) in [5.41, 5.74) is 7.06. The van der Waals surface area contributed by atoms with Crippen LogP contribution in [0.5, 0.6) is 0 Å². The van der Waals surface area contributed by atoms with Crippen molar-refractivity contribution in [1.82, 2.24) is 9.97 Å². The predicted octanol–water partition coefficient (Wildman–Crippen LogP) is 1.20. The average molecular weight is 231 g/mol. The van der Waals surface area contributed by atoms with Crippen molar-refractivity contribution in [3.8, 4) is 11.4 Å². The molecule has 2 rings (SSSR count). The maximum Gasteiger partial charge on any atom is 0.312 e. The number of nitrogens with two attached hydrogens (primary N) is 1. The number of carboxylic acids is 1. The first-order chi connectivity index (χ1) is 8.22. The molecule has 17 heavy (non-hydrogen) atoms. The van der Waals surface area contributed by atoms with E-state index in [0.29, 0.717) is 5.56 Å². The minimum atomic E-state index is -0.904. The van der Waals surface area contributed by atoms with E-state index in [1.54, 1.807) is 24.5 Å². The molecule has 2 aromatic rings. The minimum absolute atomic E-state index is 0.0927. The van der Waals surface area contributed by atoms with Crippen molar-refractivity contribution in [3.05, 3.63) is 42.2 Å². The maximum absolute atomic E-state index is 10.9. The number of benzene rings is 1. The summed E-state index contributed by atoms with van der Waals surface area (Å²) in [6, 6.07) is 7.20. The normalized spacial score (nSPS) is 12.3. The number of aromatic amines is 1. The first-order valence-corrected chi connectivity index (χ1v) is 5.25. The third kappa shape index (κ3) is 2.34. The van der Waals surface area contributed by atoms with Crippen LogP contribution >= 0.6 is 0 Å². The molecule has 1 aromatic heterocycles. The number of carbonyl (C=O) groups is 1. The van der Waals surface area contributed by atoms with Crippen LogP contribution in [0.2, 0.25) is 0 Å². The van der Waals surface area contributed by atoms with E-state index in [9.17, 15) is 4.79 Å². The lowest BCUT2D eigenvalue weighted by Crippen LogP contribution is -2.20. The number of nitrogens with one attached hydrogen (secondary N) is 1. The van der Waals surface area contributed by atoms with Crippen LogP contribution in [-0.2, 0) is 4.79 Å². The summed E-state index contributed by atoms with van der Waals surface area (Å²) in [7, 11) is 0. The van der Waals surface area contributed by atoms with Gasteiger partial charge in [0.05, 0.1) is 5.92 Å². The third-order valence-electron chi connectivity index (χ3n) is 2.62. The van der Waals surface area contributed by atoms with Gasteiger partial charge in [0.25, 0.3) is 0 Å². The molecule has 0 fully saturated rings. The Bertz CT molecular complexity index is 491. The van der Waals surface area contributed by atoms with Crippen molar-refractivity contribution in [2.75, 3.05) is 6.54 Å². The van der Waals surface area contributed by atoms with Gasteiger partial charge in [0.1, 0.15) is 5.82 Å². The number of hydrogen-bond donors (Lipinski definition) is 3. The van der Waals surface area contributed by atoms with E-state index in [1.807, 2.05) is 12.1 Å². The van der Waals surface area contributed by atoms with E-state index in [4.69, 9.17) is 10.8 Å². The molecule has 0 spiro atoms. The van der Waals surface area contributed by atoms with Gasteiger partial charge in [-0.05, 0) is 5.56 Å². The van der Waals surface area contributed by atoms with E-state index >= 15 is 0 Å². The summed E-state index contributed by atoms with van der Waals surface area (Å²) < 4.78 is 0. The second kappa shape index (κ2) is 4.80. The first-order valence-electron chi connectivity index (χ1n) is 5.25. The van der Waals surface area contributed by atoms with Gasteiger partial charge < -0.3 is 15.8 Å². The van der Waals surface area contributed by atoms with E-state index in [0.717, 1.165) is 11.4 Å². The van der Waals surface area contributed by atoms with E-state index < -0.39 is 11.9 Å². The second-order valence-electron chi connectivity index (χ2n) is 3.69. The monoisotopic (exact) mass is 231 g/mol. The highest BCUT2D eigenvalue weighted by atomic mass is 16.4. The Morgan fingerprint density at radius 1 is 1.41 bits per heavy atom. The Balaban J connectivity index is 2.26. The van der Waals surface area contributed by atoms with Gasteiger partial charge in [-0.15, -0.1) is 0 Å². The van der Waals surface area contributed by atoms with Crippen molar-refractivity contribution in [2.24, 2.45) is 5.73 Å². The molecule has 1 aromatic carbocycles. The summed E-state index contributed by atoms with van der Waals surface area (Å²) in [5, 5.41) is 8.98. The van der Waals surface area contributed by atoms with E-state index in [1.165, 1.54) is 0 Å². The number of H-pyrrole nitrogens is 1. The van der Waals surface area contributed by atoms with Crippen LogP contribution in [0.1, 0.15) is 11.5 Å². The third-order valence-corrected chi connectivity index (χ3v) is 2.62. The van der Waals surface area contributed by atoms with Crippen molar-refractivity contribution in [1.29, 1.82) is 0 Å². The molecule has 5 nitrogen and oxygen atoms in total. The van der Waals surface area contributed by atoms with Gasteiger partial charge in [-0.1, -0.05) is 24.3 Å². The molecule has 1 unspecified atom stereocenters. The van der Waals surface area contributed by atoms with Crippen LogP contribution in [0.25, 0.3) is 11.4 Å². The van der Waals surface area contributed by atoms with Crippen molar-refractivity contribution in [3.63, 3.8) is 0 Å². The molecule has 1 atom stereocenters. The average Bonchev–Trinajstić information content (AvgIpc) is 2.84. The molecule has 1 heterocycles. The lowest BCUT2D eigenvalue weighted by atomic mass is 9.98. The molecule has 0 bridgehead atoms. The first kappa shape index (κ1) is 11.3. The van der Waals surface area contributed by atoms with Crippen LogP contribution in [0.4, 0.5) is 0 Å². The van der Waals surface area contributed by atoms with Crippen LogP contribution in [-0.4, -0.2) is 27.6 Å². The number of rotatable bonds is 4. The van der Waals surface area contributed by atoms with Gasteiger partial charge in [0.15, 0.2) is 0 Å². The van der Waals surface area contributed by atoms with Gasteiger partial charge in [0, 0.05) is 24.5 Å². The van der Waals surface area contributed by atoms with Gasteiger partial charge in [-0.25, -0.2) is 4.98 Å². The quantitative estimate of drug-likeness (QED) is 0.737. The topological polar surface area (TPSA) is 92.0 Å². The van der Waals surface area contributed by atoms with E-state index in [2.05, 4.69) is 9.97 Å². The summed E-state index contributed by atoms with van der Waals surface area (Å²) in [6.07, 6.45) is 3.41. The van der Waals surface area contributed by atoms with Crippen LogP contribution < -0.4 is 5.73 Å². The molecule has 0 radical (unpaired) electrons. The predicted molar refractivity (Wildman–Crippen MR) is 63.5 cm³/mol. The SMILES string of the molecule is NCC(C(=O)O)c1ccc(-c2ncc[nH]2)cc1. The van der Waals surface area contributed by atoms with Gasteiger partial charge >= 0.3 is 5.97 Å². The summed E-state index contributed by atoms with van der Waals surface area (Å²) in [4.78, 5) is 18.1. The Morgan fingerprint density at radius 2 is 2.12 bits per heavy atom. The summed E-state index contributed by atoms with van der Waals surface area (Å²) in [6.45, 7) is 0.0927. The van der Waals surface area contributed by atoms with Gasteiger partial charge in [0.2, 0.25) is 0 Å². The summed E-state index contributed by atoms with van der Waals surface area (Å²) >= 11 is 0. The zero-order chi connectivity index (χ0) is 12.3. The van der Waals surface area contributed by atoms with Crippen molar-refractivity contribution >= 4 is 5.97 Å². The van der Waals surface area contributed by atoms with Crippen LogP contribution in [0.15, 0.2) is 36.7 Å². The molecular formula is C12H13N3O2. The van der Waals surface area contributed by atoms with Crippen molar-refractivity contribution in [2.45, 2.75) is 5.92 Å². The molecule has 0 aliphatic rings. The Labute approximate surface area is 98.3 Å². The molecule has 88 valence electrons. The standard InChI is InChI=1S/C12H13N3O2/c13-7-10(12(16)17)8-1-3-9(4-2-8)11-14-5-6-15-11/h1-6,10H,7,13H2,(H,14,15)(H,16,17). The zero-order valence-corrected chi connectivity index (χ0v) is 9.13. The highest BCUT2D eigenvalue weighted by Gasteiger charge is 2.17. The lowest BCUT2D eigenvalue weighted by molar-refractivity contribution is -0.138. The number of imidazole rings is 1. The largest absolute Gasteiger partial charge is 0.481 e. The fraction of sp³-hybridized carbons (Fsp3) is 0.167. The fourth-order valence-corrected chi connectivity index (χ4v) is 1.68. The summed E-state index contributed by atoms with van der Waals surface area (Å²) in [5.74, 6) is -0.796.